The van der Waals surface area contributed by atoms with Gasteiger partial charge in [0.1, 0.15) is 11.6 Å². The largest absolute Gasteiger partial charge is 0.497 e. The molecule has 2 amide bonds. The van der Waals surface area contributed by atoms with Crippen molar-refractivity contribution in [2.24, 2.45) is 0 Å². The van der Waals surface area contributed by atoms with Gasteiger partial charge in [0.05, 0.1) is 19.3 Å². The number of aliphatic hydroxyl groups is 1. The molecule has 0 aliphatic heterocycles. The van der Waals surface area contributed by atoms with Gasteiger partial charge in [-0.15, -0.1) is 0 Å². The molecule has 1 aromatic rings. The summed E-state index contributed by atoms with van der Waals surface area (Å²) in [6, 6.07) is 4.97. The molecule has 7 heteroatoms. The summed E-state index contributed by atoms with van der Waals surface area (Å²) in [5.74, 6) is -0.235. The Morgan fingerprint density at radius 1 is 1.38 bits per heavy atom. The first-order valence-electron chi connectivity index (χ1n) is 7.47. The Labute approximate surface area is 139 Å². The fraction of sp³-hybridized carbons (Fsp3) is 0.353. The van der Waals surface area contributed by atoms with E-state index in [0.29, 0.717) is 11.3 Å². The summed E-state index contributed by atoms with van der Waals surface area (Å²) in [6.45, 7) is 1.39. The van der Waals surface area contributed by atoms with Crippen LogP contribution in [0.25, 0.3) is 0 Å². The van der Waals surface area contributed by atoms with Crippen LogP contribution in [0.5, 0.6) is 5.75 Å². The van der Waals surface area contributed by atoms with Crippen molar-refractivity contribution >= 4 is 6.03 Å². The molecule has 2 rings (SSSR count). The summed E-state index contributed by atoms with van der Waals surface area (Å²) in [4.78, 5) is 11.8. The predicted molar refractivity (Wildman–Crippen MR) is 86.1 cm³/mol. The number of carbonyl (C=O) groups is 1. The van der Waals surface area contributed by atoms with E-state index < -0.39 is 30.2 Å². The molecule has 0 fully saturated rings. The first-order valence-corrected chi connectivity index (χ1v) is 7.47. The number of ether oxygens (including phenoxy) is 1. The first-order chi connectivity index (χ1) is 11.4. The van der Waals surface area contributed by atoms with E-state index in [1.165, 1.54) is 26.2 Å². The maximum Gasteiger partial charge on any atom is 0.315 e. The number of aliphatic hydroxyl groups excluding tert-OH is 1. The number of hydrogen-bond donors (Lipinski definition) is 3. The average molecular weight is 338 g/mol. The molecule has 1 aliphatic rings. The Morgan fingerprint density at radius 2 is 2.04 bits per heavy atom. The van der Waals surface area contributed by atoms with E-state index in [4.69, 9.17) is 4.74 Å². The van der Waals surface area contributed by atoms with Crippen LogP contribution in [0.4, 0.5) is 13.6 Å². The van der Waals surface area contributed by atoms with Crippen LogP contribution in [0.3, 0.4) is 0 Å². The van der Waals surface area contributed by atoms with Gasteiger partial charge in [0, 0.05) is 6.54 Å². The number of halogens is 2. The molecule has 130 valence electrons. The zero-order valence-corrected chi connectivity index (χ0v) is 13.4. The van der Waals surface area contributed by atoms with Crippen LogP contribution < -0.4 is 15.4 Å². The Balaban J connectivity index is 1.83. The fourth-order valence-electron chi connectivity index (χ4n) is 2.26. The molecular weight excluding hydrogens is 318 g/mol. The van der Waals surface area contributed by atoms with E-state index in [1.54, 1.807) is 24.3 Å². The SMILES string of the molecule is COc1ccc(C(O)CNC(=O)NC2C=CC(C)=C(F)C2F)cc1. The van der Waals surface area contributed by atoms with Crippen molar-refractivity contribution in [1.82, 2.24) is 10.6 Å². The Bertz CT molecular complexity index is 644. The molecule has 1 aromatic carbocycles. The summed E-state index contributed by atoms with van der Waals surface area (Å²) in [5.41, 5.74) is 0.803. The van der Waals surface area contributed by atoms with Crippen LogP contribution in [0.1, 0.15) is 18.6 Å². The number of methoxy groups -OCH3 is 1. The van der Waals surface area contributed by atoms with Crippen molar-refractivity contribution in [3.63, 3.8) is 0 Å². The maximum atomic E-state index is 13.8. The number of benzene rings is 1. The van der Waals surface area contributed by atoms with Crippen LogP contribution >= 0.6 is 0 Å². The van der Waals surface area contributed by atoms with Crippen LogP contribution in [0.2, 0.25) is 0 Å². The van der Waals surface area contributed by atoms with Gasteiger partial charge in [-0.2, -0.15) is 0 Å². The van der Waals surface area contributed by atoms with E-state index in [0.717, 1.165) is 0 Å². The molecule has 0 aromatic heterocycles. The first kappa shape index (κ1) is 17.9. The Kier molecular flexibility index (Phi) is 5.92. The number of hydrogen-bond acceptors (Lipinski definition) is 3. The van der Waals surface area contributed by atoms with Crippen LogP contribution in [0.15, 0.2) is 47.8 Å². The van der Waals surface area contributed by atoms with Gasteiger partial charge >= 0.3 is 6.03 Å². The minimum absolute atomic E-state index is 0.0666. The molecule has 3 N–H and O–H groups in total. The number of nitrogens with one attached hydrogen (secondary N) is 2. The van der Waals surface area contributed by atoms with Crippen molar-refractivity contribution < 1.29 is 23.4 Å². The standard InChI is InChI=1S/C17H20F2N2O3/c1-10-3-8-13(16(19)15(10)18)21-17(23)20-9-14(22)11-4-6-12(24-2)7-5-11/h3-8,13-14,16,22H,9H2,1-2H3,(H2,20,21,23). The van der Waals surface area contributed by atoms with Gasteiger partial charge in [0.2, 0.25) is 0 Å². The average Bonchev–Trinajstić information content (AvgIpc) is 2.60. The molecule has 0 saturated carbocycles. The van der Waals surface area contributed by atoms with E-state index in [-0.39, 0.29) is 12.1 Å². The molecule has 24 heavy (non-hydrogen) atoms. The summed E-state index contributed by atoms with van der Waals surface area (Å²) in [5, 5.41) is 14.8. The molecule has 3 unspecified atom stereocenters. The lowest BCUT2D eigenvalue weighted by Gasteiger charge is -2.23. The molecular formula is C17H20F2N2O3. The lowest BCUT2D eigenvalue weighted by molar-refractivity contribution is 0.171. The highest BCUT2D eigenvalue weighted by molar-refractivity contribution is 5.74. The maximum absolute atomic E-state index is 13.8. The predicted octanol–water partition coefficient (Wildman–Crippen LogP) is 2.55. The van der Waals surface area contributed by atoms with Crippen molar-refractivity contribution in [3.05, 3.63) is 53.4 Å². The number of rotatable bonds is 5. The smallest absolute Gasteiger partial charge is 0.315 e. The third kappa shape index (κ3) is 4.32. The topological polar surface area (TPSA) is 70.6 Å². The summed E-state index contributed by atoms with van der Waals surface area (Å²) < 4.78 is 32.3. The second-order valence-electron chi connectivity index (χ2n) is 5.46. The lowest BCUT2D eigenvalue weighted by Crippen LogP contribution is -2.47. The highest BCUT2D eigenvalue weighted by atomic mass is 19.2. The zero-order valence-electron chi connectivity index (χ0n) is 13.4. The van der Waals surface area contributed by atoms with E-state index in [1.807, 2.05) is 0 Å². The van der Waals surface area contributed by atoms with E-state index >= 15 is 0 Å². The van der Waals surface area contributed by atoms with Crippen molar-refractivity contribution in [2.75, 3.05) is 13.7 Å². The number of alkyl halides is 1. The number of amides is 2. The van der Waals surface area contributed by atoms with Gasteiger partial charge in [-0.25, -0.2) is 13.6 Å². The lowest BCUT2D eigenvalue weighted by atomic mass is 10.0. The third-order valence-electron chi connectivity index (χ3n) is 3.74. The van der Waals surface area contributed by atoms with Crippen LogP contribution in [-0.4, -0.2) is 37.0 Å². The molecule has 0 spiro atoms. The quantitative estimate of drug-likeness (QED) is 0.773. The molecule has 0 heterocycles. The summed E-state index contributed by atoms with van der Waals surface area (Å²) in [7, 11) is 1.54. The van der Waals surface area contributed by atoms with Gasteiger partial charge in [0.25, 0.3) is 0 Å². The minimum atomic E-state index is -1.91. The molecule has 0 saturated heterocycles. The van der Waals surface area contributed by atoms with E-state index in [9.17, 15) is 18.7 Å². The van der Waals surface area contributed by atoms with Crippen molar-refractivity contribution in [2.45, 2.75) is 25.2 Å². The summed E-state index contributed by atoms with van der Waals surface area (Å²) >= 11 is 0. The second-order valence-corrected chi connectivity index (χ2v) is 5.46. The van der Waals surface area contributed by atoms with E-state index in [2.05, 4.69) is 10.6 Å². The summed E-state index contributed by atoms with van der Waals surface area (Å²) in [6.07, 6.45) is -0.0265. The highest BCUT2D eigenvalue weighted by Crippen LogP contribution is 2.23. The number of carbonyl (C=O) groups excluding carboxylic acids is 1. The fourth-order valence-corrected chi connectivity index (χ4v) is 2.26. The van der Waals surface area contributed by atoms with Crippen LogP contribution in [-0.2, 0) is 0 Å². The minimum Gasteiger partial charge on any atom is -0.497 e. The van der Waals surface area contributed by atoms with Gasteiger partial charge in [-0.05, 0) is 30.2 Å². The van der Waals surface area contributed by atoms with Crippen molar-refractivity contribution in [1.29, 1.82) is 0 Å². The number of urea groups is 1. The third-order valence-corrected chi connectivity index (χ3v) is 3.74. The van der Waals surface area contributed by atoms with Gasteiger partial charge in [-0.3, -0.25) is 0 Å². The molecule has 0 bridgehead atoms. The number of allylic oxidation sites excluding steroid dienone is 2. The van der Waals surface area contributed by atoms with Gasteiger partial charge in [-0.1, -0.05) is 24.3 Å². The monoisotopic (exact) mass is 338 g/mol. The van der Waals surface area contributed by atoms with Gasteiger partial charge in [0.15, 0.2) is 6.17 Å². The Morgan fingerprint density at radius 3 is 2.67 bits per heavy atom. The molecule has 3 atom stereocenters. The zero-order chi connectivity index (χ0) is 17.7. The van der Waals surface area contributed by atoms with Crippen molar-refractivity contribution in [3.8, 4) is 5.75 Å². The second kappa shape index (κ2) is 7.92. The van der Waals surface area contributed by atoms with Gasteiger partial charge < -0.3 is 20.5 Å². The molecule has 1 aliphatic carbocycles. The molecule has 5 nitrogen and oxygen atoms in total. The normalized spacial score (nSPS) is 21.4. The molecule has 0 radical (unpaired) electrons. The Hall–Kier alpha value is -2.41. The van der Waals surface area contributed by atoms with Crippen LogP contribution in [0, 0.1) is 0 Å². The highest BCUT2D eigenvalue weighted by Gasteiger charge is 2.28.